The lowest BCUT2D eigenvalue weighted by atomic mass is 9.98. The first-order chi connectivity index (χ1) is 9.47. The molecule has 1 aromatic carbocycles. The number of aromatic carboxylic acids is 1. The van der Waals surface area contributed by atoms with E-state index in [0.717, 1.165) is 0 Å². The van der Waals surface area contributed by atoms with Crippen LogP contribution >= 0.6 is 15.9 Å². The fourth-order valence-corrected chi connectivity index (χ4v) is 2.42. The van der Waals surface area contributed by atoms with Gasteiger partial charge in [0.25, 0.3) is 0 Å². The molecule has 0 spiro atoms. The number of carboxylic acid groups (broad SMARTS) is 1. The van der Waals surface area contributed by atoms with Crippen LogP contribution in [0.2, 0.25) is 0 Å². The maximum Gasteiger partial charge on any atom is 0.335 e. The average Bonchev–Trinajstić information content (AvgIpc) is 2.41. The molecule has 0 saturated carbocycles. The Balaban J connectivity index is 2.04. The minimum atomic E-state index is -1.03. The minimum Gasteiger partial charge on any atom is -0.478 e. The van der Waals surface area contributed by atoms with Gasteiger partial charge in [-0.05, 0) is 40.5 Å². The van der Waals surface area contributed by atoms with Crippen molar-refractivity contribution in [3.8, 4) is 0 Å². The molecule has 1 saturated heterocycles. The first-order valence-electron chi connectivity index (χ1n) is 6.08. The second-order valence-electron chi connectivity index (χ2n) is 4.53. The Kier molecular flexibility index (Phi) is 4.39. The number of carbonyl (C=O) groups excluding carboxylic acids is 2. The molecule has 7 heteroatoms. The van der Waals surface area contributed by atoms with Crippen molar-refractivity contribution in [2.75, 3.05) is 11.9 Å². The first-order valence-corrected chi connectivity index (χ1v) is 6.87. The number of nitrogens with one attached hydrogen (secondary N) is 2. The van der Waals surface area contributed by atoms with Crippen molar-refractivity contribution in [2.45, 2.75) is 12.8 Å². The highest BCUT2D eigenvalue weighted by atomic mass is 79.9. The van der Waals surface area contributed by atoms with Gasteiger partial charge < -0.3 is 15.7 Å². The highest BCUT2D eigenvalue weighted by molar-refractivity contribution is 9.10. The van der Waals surface area contributed by atoms with E-state index >= 15 is 0 Å². The summed E-state index contributed by atoms with van der Waals surface area (Å²) < 4.78 is 0.505. The van der Waals surface area contributed by atoms with Gasteiger partial charge in [0.1, 0.15) is 0 Å². The molecule has 1 heterocycles. The molecule has 1 unspecified atom stereocenters. The summed E-state index contributed by atoms with van der Waals surface area (Å²) in [6.45, 7) is 0.329. The fraction of sp³-hybridized carbons (Fsp3) is 0.308. The molecule has 1 fully saturated rings. The van der Waals surface area contributed by atoms with E-state index in [9.17, 15) is 14.4 Å². The van der Waals surface area contributed by atoms with Crippen LogP contribution < -0.4 is 10.6 Å². The molecule has 0 aliphatic carbocycles. The second kappa shape index (κ2) is 6.04. The van der Waals surface area contributed by atoms with E-state index in [1.165, 1.54) is 18.2 Å². The predicted molar refractivity (Wildman–Crippen MR) is 75.5 cm³/mol. The summed E-state index contributed by atoms with van der Waals surface area (Å²) in [6.07, 6.45) is 0.861. The van der Waals surface area contributed by atoms with Crippen LogP contribution in [0.5, 0.6) is 0 Å². The lowest BCUT2D eigenvalue weighted by Crippen LogP contribution is -2.40. The smallest absolute Gasteiger partial charge is 0.335 e. The topological polar surface area (TPSA) is 95.5 Å². The first kappa shape index (κ1) is 14.5. The Hall–Kier alpha value is -1.89. The Morgan fingerprint density at radius 3 is 2.70 bits per heavy atom. The van der Waals surface area contributed by atoms with Gasteiger partial charge in [0.05, 0.1) is 17.2 Å². The van der Waals surface area contributed by atoms with Gasteiger partial charge in [-0.1, -0.05) is 0 Å². The van der Waals surface area contributed by atoms with Crippen molar-refractivity contribution in [3.05, 3.63) is 28.2 Å². The van der Waals surface area contributed by atoms with Crippen LogP contribution in [-0.2, 0) is 9.59 Å². The highest BCUT2D eigenvalue weighted by Crippen LogP contribution is 2.25. The van der Waals surface area contributed by atoms with E-state index in [-0.39, 0.29) is 23.3 Å². The van der Waals surface area contributed by atoms with Crippen LogP contribution in [-0.4, -0.2) is 29.4 Å². The number of rotatable bonds is 3. The van der Waals surface area contributed by atoms with E-state index in [0.29, 0.717) is 29.5 Å². The minimum absolute atomic E-state index is 0.0407. The highest BCUT2D eigenvalue weighted by Gasteiger charge is 2.24. The molecule has 1 aromatic rings. The lowest BCUT2D eigenvalue weighted by molar-refractivity contribution is -0.126. The summed E-state index contributed by atoms with van der Waals surface area (Å²) in [6, 6.07) is 4.39. The van der Waals surface area contributed by atoms with Crippen LogP contribution in [0.1, 0.15) is 23.2 Å². The van der Waals surface area contributed by atoms with Gasteiger partial charge in [-0.2, -0.15) is 0 Å². The zero-order valence-electron chi connectivity index (χ0n) is 10.5. The Labute approximate surface area is 123 Å². The molecular formula is C13H13BrN2O4. The van der Waals surface area contributed by atoms with Crippen molar-refractivity contribution in [3.63, 3.8) is 0 Å². The molecular weight excluding hydrogens is 328 g/mol. The number of carbonyl (C=O) groups is 3. The van der Waals surface area contributed by atoms with Gasteiger partial charge in [-0.25, -0.2) is 4.79 Å². The maximum atomic E-state index is 12.0. The lowest BCUT2D eigenvalue weighted by Gasteiger charge is -2.21. The van der Waals surface area contributed by atoms with Crippen molar-refractivity contribution >= 4 is 39.4 Å². The largest absolute Gasteiger partial charge is 0.478 e. The summed E-state index contributed by atoms with van der Waals surface area (Å²) in [5.74, 6) is -1.52. The zero-order chi connectivity index (χ0) is 14.7. The van der Waals surface area contributed by atoms with Crippen molar-refractivity contribution < 1.29 is 19.5 Å². The van der Waals surface area contributed by atoms with Crippen LogP contribution in [0, 0.1) is 5.92 Å². The van der Waals surface area contributed by atoms with E-state index in [2.05, 4.69) is 26.6 Å². The normalized spacial score (nSPS) is 18.2. The molecule has 0 aromatic heterocycles. The maximum absolute atomic E-state index is 12.0. The van der Waals surface area contributed by atoms with E-state index < -0.39 is 5.97 Å². The Morgan fingerprint density at radius 2 is 2.15 bits per heavy atom. The standard InChI is InChI=1S/C13H13BrN2O4/c14-9-5-7(13(19)20)1-3-10(9)16-12(18)8-2-4-11(17)15-6-8/h1,3,5,8H,2,4,6H2,(H,15,17)(H,16,18)(H,19,20). The van der Waals surface area contributed by atoms with Crippen LogP contribution in [0.15, 0.2) is 22.7 Å². The van der Waals surface area contributed by atoms with Gasteiger partial charge in [0.2, 0.25) is 11.8 Å². The summed E-state index contributed by atoms with van der Waals surface area (Å²) >= 11 is 3.23. The van der Waals surface area contributed by atoms with E-state index in [1.54, 1.807) is 0 Å². The number of benzene rings is 1. The SMILES string of the molecule is O=C1CCC(C(=O)Nc2ccc(C(=O)O)cc2Br)CN1. The van der Waals surface area contributed by atoms with Crippen LogP contribution in [0.25, 0.3) is 0 Å². The fourth-order valence-electron chi connectivity index (χ4n) is 1.94. The summed E-state index contributed by atoms with van der Waals surface area (Å²) in [4.78, 5) is 33.9. The molecule has 2 amide bonds. The third-order valence-electron chi connectivity index (χ3n) is 3.11. The number of hydrogen-bond acceptors (Lipinski definition) is 3. The molecule has 106 valence electrons. The zero-order valence-corrected chi connectivity index (χ0v) is 12.1. The summed E-state index contributed by atoms with van der Waals surface area (Å²) in [5.41, 5.74) is 0.650. The van der Waals surface area contributed by atoms with E-state index in [1.807, 2.05) is 0 Å². The van der Waals surface area contributed by atoms with Crippen molar-refractivity contribution in [1.29, 1.82) is 0 Å². The monoisotopic (exact) mass is 340 g/mol. The molecule has 2 rings (SSSR count). The van der Waals surface area contributed by atoms with E-state index in [4.69, 9.17) is 5.11 Å². The number of amides is 2. The van der Waals surface area contributed by atoms with Gasteiger partial charge in [-0.3, -0.25) is 9.59 Å². The second-order valence-corrected chi connectivity index (χ2v) is 5.38. The summed E-state index contributed by atoms with van der Waals surface area (Å²) in [5, 5.41) is 14.2. The number of hydrogen-bond donors (Lipinski definition) is 3. The molecule has 1 aliphatic rings. The third-order valence-corrected chi connectivity index (χ3v) is 3.77. The molecule has 1 aliphatic heterocycles. The number of carboxylic acids is 1. The van der Waals surface area contributed by atoms with Crippen LogP contribution in [0.3, 0.4) is 0 Å². The Morgan fingerprint density at radius 1 is 1.40 bits per heavy atom. The average molecular weight is 341 g/mol. The predicted octanol–water partition coefficient (Wildman–Crippen LogP) is 1.61. The molecule has 20 heavy (non-hydrogen) atoms. The quantitative estimate of drug-likeness (QED) is 0.778. The van der Waals surface area contributed by atoms with Gasteiger partial charge in [0, 0.05) is 17.4 Å². The van der Waals surface area contributed by atoms with Crippen LogP contribution in [0.4, 0.5) is 5.69 Å². The van der Waals surface area contributed by atoms with Crippen molar-refractivity contribution in [2.24, 2.45) is 5.92 Å². The molecule has 3 N–H and O–H groups in total. The van der Waals surface area contributed by atoms with Gasteiger partial charge in [0.15, 0.2) is 0 Å². The Bertz CT molecular complexity index is 563. The molecule has 1 atom stereocenters. The van der Waals surface area contributed by atoms with Gasteiger partial charge >= 0.3 is 5.97 Å². The molecule has 0 bridgehead atoms. The molecule has 0 radical (unpaired) electrons. The molecule has 6 nitrogen and oxygen atoms in total. The summed E-state index contributed by atoms with van der Waals surface area (Å²) in [7, 11) is 0. The number of halogens is 1. The van der Waals surface area contributed by atoms with Crippen molar-refractivity contribution in [1.82, 2.24) is 5.32 Å². The third kappa shape index (κ3) is 3.36. The number of anilines is 1. The van der Waals surface area contributed by atoms with Gasteiger partial charge in [-0.15, -0.1) is 0 Å². The number of piperidine rings is 1.